The van der Waals surface area contributed by atoms with Crippen molar-refractivity contribution in [3.05, 3.63) is 68.9 Å². The summed E-state index contributed by atoms with van der Waals surface area (Å²) < 4.78 is 14.3. The van der Waals surface area contributed by atoms with Crippen molar-refractivity contribution in [3.8, 4) is 0 Å². The summed E-state index contributed by atoms with van der Waals surface area (Å²) in [5, 5.41) is 4.11. The minimum absolute atomic E-state index is 0.0424. The Morgan fingerprint density at radius 1 is 1.20 bits per heavy atom. The standard InChI is InChI=1S/C16H16BrClFN/c1-2-8-20-16(11-4-3-5-13(19)9-11)12-6-7-15(18)14(17)10-12/h3-7,9-10,16,20H,2,8H2,1H3. The molecule has 0 spiro atoms. The maximum atomic E-state index is 13.5. The molecule has 0 bridgehead atoms. The summed E-state index contributed by atoms with van der Waals surface area (Å²) in [6.07, 6.45) is 1.01. The van der Waals surface area contributed by atoms with Crippen molar-refractivity contribution in [1.29, 1.82) is 0 Å². The molecule has 1 nitrogen and oxygen atoms in total. The second-order valence-electron chi connectivity index (χ2n) is 4.62. The molecule has 0 saturated heterocycles. The zero-order valence-electron chi connectivity index (χ0n) is 11.2. The van der Waals surface area contributed by atoms with E-state index >= 15 is 0 Å². The number of benzene rings is 2. The van der Waals surface area contributed by atoms with Gasteiger partial charge in [-0.2, -0.15) is 0 Å². The first-order valence-corrected chi connectivity index (χ1v) is 7.72. The Labute approximate surface area is 132 Å². The molecule has 1 unspecified atom stereocenters. The first-order valence-electron chi connectivity index (χ1n) is 6.55. The van der Waals surface area contributed by atoms with Gasteiger partial charge in [-0.15, -0.1) is 0 Å². The van der Waals surface area contributed by atoms with Crippen LogP contribution in [0.3, 0.4) is 0 Å². The summed E-state index contributed by atoms with van der Waals surface area (Å²) in [6, 6.07) is 12.4. The average Bonchev–Trinajstić information content (AvgIpc) is 2.43. The van der Waals surface area contributed by atoms with Gasteiger partial charge in [-0.05, 0) is 64.3 Å². The highest BCUT2D eigenvalue weighted by molar-refractivity contribution is 9.10. The van der Waals surface area contributed by atoms with Gasteiger partial charge in [0.15, 0.2) is 0 Å². The normalized spacial score (nSPS) is 12.4. The van der Waals surface area contributed by atoms with Crippen LogP contribution in [0, 0.1) is 5.82 Å². The largest absolute Gasteiger partial charge is 0.306 e. The fourth-order valence-corrected chi connectivity index (χ4v) is 2.61. The van der Waals surface area contributed by atoms with Gasteiger partial charge in [0, 0.05) is 4.47 Å². The van der Waals surface area contributed by atoms with Crippen molar-refractivity contribution in [2.75, 3.05) is 6.54 Å². The van der Waals surface area contributed by atoms with Crippen LogP contribution in [-0.2, 0) is 0 Å². The maximum Gasteiger partial charge on any atom is 0.123 e. The highest BCUT2D eigenvalue weighted by atomic mass is 79.9. The molecule has 0 radical (unpaired) electrons. The van der Waals surface area contributed by atoms with E-state index in [1.54, 1.807) is 12.1 Å². The van der Waals surface area contributed by atoms with E-state index in [9.17, 15) is 4.39 Å². The lowest BCUT2D eigenvalue weighted by molar-refractivity contribution is 0.585. The topological polar surface area (TPSA) is 12.0 Å². The lowest BCUT2D eigenvalue weighted by Gasteiger charge is -2.20. The predicted molar refractivity (Wildman–Crippen MR) is 85.7 cm³/mol. The Morgan fingerprint density at radius 3 is 2.60 bits per heavy atom. The van der Waals surface area contributed by atoms with Crippen molar-refractivity contribution in [3.63, 3.8) is 0 Å². The number of nitrogens with one attached hydrogen (secondary N) is 1. The van der Waals surface area contributed by atoms with Crippen LogP contribution in [-0.4, -0.2) is 6.54 Å². The molecule has 0 aliphatic carbocycles. The van der Waals surface area contributed by atoms with E-state index < -0.39 is 0 Å². The van der Waals surface area contributed by atoms with Crippen molar-refractivity contribution in [2.24, 2.45) is 0 Å². The second-order valence-corrected chi connectivity index (χ2v) is 5.88. The van der Waals surface area contributed by atoms with Gasteiger partial charge in [0.2, 0.25) is 0 Å². The third-order valence-corrected chi connectivity index (χ3v) is 4.27. The highest BCUT2D eigenvalue weighted by Gasteiger charge is 2.15. The molecule has 0 amide bonds. The average molecular weight is 357 g/mol. The minimum atomic E-state index is -0.223. The lowest BCUT2D eigenvalue weighted by Crippen LogP contribution is -2.23. The number of rotatable bonds is 5. The van der Waals surface area contributed by atoms with Gasteiger partial charge >= 0.3 is 0 Å². The van der Waals surface area contributed by atoms with Gasteiger partial charge in [-0.3, -0.25) is 0 Å². The molecule has 0 saturated carbocycles. The smallest absolute Gasteiger partial charge is 0.123 e. The van der Waals surface area contributed by atoms with Gasteiger partial charge in [0.25, 0.3) is 0 Å². The summed E-state index contributed by atoms with van der Waals surface area (Å²) in [5.41, 5.74) is 1.97. The molecule has 2 rings (SSSR count). The Morgan fingerprint density at radius 2 is 1.95 bits per heavy atom. The Kier molecular flexibility index (Phi) is 5.58. The summed E-state index contributed by atoms with van der Waals surface area (Å²) in [7, 11) is 0. The predicted octanol–water partition coefficient (Wildman–Crippen LogP) is 5.33. The summed E-state index contributed by atoms with van der Waals surface area (Å²) in [4.78, 5) is 0. The third kappa shape index (κ3) is 3.81. The fourth-order valence-electron chi connectivity index (χ4n) is 2.09. The second kappa shape index (κ2) is 7.21. The zero-order valence-corrected chi connectivity index (χ0v) is 13.5. The molecular weight excluding hydrogens is 341 g/mol. The van der Waals surface area contributed by atoms with Crippen molar-refractivity contribution in [1.82, 2.24) is 5.32 Å². The van der Waals surface area contributed by atoms with Crippen molar-refractivity contribution in [2.45, 2.75) is 19.4 Å². The van der Waals surface area contributed by atoms with Crippen LogP contribution >= 0.6 is 27.5 Å². The van der Waals surface area contributed by atoms with E-state index in [1.807, 2.05) is 24.3 Å². The SMILES string of the molecule is CCCNC(c1cccc(F)c1)c1ccc(Cl)c(Br)c1. The molecule has 106 valence electrons. The summed E-state index contributed by atoms with van der Waals surface area (Å²) >= 11 is 9.47. The van der Waals surface area contributed by atoms with E-state index in [0.29, 0.717) is 5.02 Å². The summed E-state index contributed by atoms with van der Waals surface area (Å²) in [5.74, 6) is -0.223. The Balaban J connectivity index is 2.38. The van der Waals surface area contributed by atoms with E-state index in [4.69, 9.17) is 11.6 Å². The van der Waals surface area contributed by atoms with E-state index in [2.05, 4.69) is 28.2 Å². The van der Waals surface area contributed by atoms with Crippen LogP contribution in [0.25, 0.3) is 0 Å². The maximum absolute atomic E-state index is 13.5. The van der Waals surface area contributed by atoms with Crippen LogP contribution in [0.1, 0.15) is 30.5 Å². The van der Waals surface area contributed by atoms with Gasteiger partial charge in [-0.1, -0.05) is 36.7 Å². The van der Waals surface area contributed by atoms with Crippen LogP contribution in [0.5, 0.6) is 0 Å². The minimum Gasteiger partial charge on any atom is -0.306 e. The molecular formula is C16H16BrClFN. The first kappa shape index (κ1) is 15.5. The molecule has 0 heterocycles. The zero-order chi connectivity index (χ0) is 14.5. The monoisotopic (exact) mass is 355 g/mol. The van der Waals surface area contributed by atoms with Crippen LogP contribution in [0.4, 0.5) is 4.39 Å². The molecule has 20 heavy (non-hydrogen) atoms. The van der Waals surface area contributed by atoms with Gasteiger partial charge < -0.3 is 5.32 Å². The lowest BCUT2D eigenvalue weighted by atomic mass is 9.98. The number of hydrogen-bond acceptors (Lipinski definition) is 1. The van der Waals surface area contributed by atoms with Gasteiger partial charge in [-0.25, -0.2) is 4.39 Å². The Hall–Kier alpha value is -0.900. The molecule has 0 fully saturated rings. The van der Waals surface area contributed by atoms with E-state index in [-0.39, 0.29) is 11.9 Å². The van der Waals surface area contributed by atoms with Crippen molar-refractivity contribution >= 4 is 27.5 Å². The molecule has 2 aromatic carbocycles. The van der Waals surface area contributed by atoms with Gasteiger partial charge in [0.05, 0.1) is 11.1 Å². The molecule has 0 aliphatic heterocycles. The molecule has 1 N–H and O–H groups in total. The number of hydrogen-bond donors (Lipinski definition) is 1. The fraction of sp³-hybridized carbons (Fsp3) is 0.250. The number of halogens is 3. The molecule has 2 aromatic rings. The Bertz CT molecular complexity index is 588. The van der Waals surface area contributed by atoms with E-state index in [1.165, 1.54) is 6.07 Å². The highest BCUT2D eigenvalue weighted by Crippen LogP contribution is 2.29. The van der Waals surface area contributed by atoms with Crippen LogP contribution in [0.2, 0.25) is 5.02 Å². The van der Waals surface area contributed by atoms with Crippen molar-refractivity contribution < 1.29 is 4.39 Å². The molecule has 4 heteroatoms. The third-order valence-electron chi connectivity index (χ3n) is 3.06. The molecule has 0 aliphatic rings. The van der Waals surface area contributed by atoms with Crippen LogP contribution in [0.15, 0.2) is 46.9 Å². The van der Waals surface area contributed by atoms with Gasteiger partial charge in [0.1, 0.15) is 5.82 Å². The first-order chi connectivity index (χ1) is 9.61. The molecule has 1 atom stereocenters. The summed E-state index contributed by atoms with van der Waals surface area (Å²) in [6.45, 7) is 2.97. The van der Waals surface area contributed by atoms with E-state index in [0.717, 1.165) is 28.6 Å². The molecule has 0 aromatic heterocycles. The quantitative estimate of drug-likeness (QED) is 0.763. The van der Waals surface area contributed by atoms with Crippen LogP contribution < -0.4 is 5.32 Å².